The summed E-state index contributed by atoms with van der Waals surface area (Å²) < 4.78 is 44.3. The zero-order valence-electron chi connectivity index (χ0n) is 8.62. The normalized spacial score (nSPS) is 23.5. The van der Waals surface area contributed by atoms with Crippen LogP contribution in [0.3, 0.4) is 0 Å². The highest BCUT2D eigenvalue weighted by molar-refractivity contribution is 5.88. The highest BCUT2D eigenvalue weighted by Crippen LogP contribution is 2.39. The van der Waals surface area contributed by atoms with Crippen LogP contribution >= 0.6 is 0 Å². The van der Waals surface area contributed by atoms with Crippen LogP contribution in [0.5, 0.6) is 0 Å². The molecule has 1 atom stereocenters. The van der Waals surface area contributed by atoms with E-state index in [9.17, 15) is 18.0 Å². The molecule has 1 aliphatic rings. The largest absolute Gasteiger partial charge is 0.478 e. The summed E-state index contributed by atoms with van der Waals surface area (Å²) in [5, 5.41) is 8.75. The minimum absolute atomic E-state index is 0.00756. The van der Waals surface area contributed by atoms with Gasteiger partial charge in [-0.05, 0) is 17.7 Å². The van der Waals surface area contributed by atoms with Gasteiger partial charge < -0.3 is 9.84 Å². The van der Waals surface area contributed by atoms with Crippen molar-refractivity contribution in [2.24, 2.45) is 0 Å². The Hall–Kier alpha value is -1.56. The zero-order valence-corrected chi connectivity index (χ0v) is 8.62. The molecule has 3 nitrogen and oxygen atoms in total. The predicted octanol–water partition coefficient (Wildman–Crippen LogP) is 2.34. The highest BCUT2D eigenvalue weighted by Gasteiger charge is 2.46. The van der Waals surface area contributed by atoms with Gasteiger partial charge in [0.05, 0.1) is 18.8 Å². The first kappa shape index (κ1) is 11.9. The Balaban J connectivity index is 2.55. The quantitative estimate of drug-likeness (QED) is 0.871. The molecule has 0 bridgehead atoms. The molecule has 0 spiro atoms. The van der Waals surface area contributed by atoms with Gasteiger partial charge in [-0.25, -0.2) is 18.0 Å². The van der Waals surface area contributed by atoms with Gasteiger partial charge in [0.1, 0.15) is 0 Å². The first-order valence-corrected chi connectivity index (χ1v) is 4.86. The number of aromatic carboxylic acids is 1. The molecule has 0 saturated heterocycles. The molecule has 1 heterocycles. The number of carbonyl (C=O) groups is 1. The van der Waals surface area contributed by atoms with Crippen molar-refractivity contribution in [2.75, 3.05) is 6.61 Å². The lowest BCUT2D eigenvalue weighted by molar-refractivity contribution is -0.107. The molecule has 0 fully saturated rings. The van der Waals surface area contributed by atoms with E-state index in [0.717, 1.165) is 6.07 Å². The Labute approximate surface area is 94.8 Å². The smallest absolute Gasteiger partial charge is 0.335 e. The summed E-state index contributed by atoms with van der Waals surface area (Å²) in [6.45, 7) is -0.756. The molecule has 0 radical (unpaired) electrons. The van der Waals surface area contributed by atoms with Crippen LogP contribution in [-0.2, 0) is 17.0 Å². The maximum Gasteiger partial charge on any atom is 0.335 e. The van der Waals surface area contributed by atoms with E-state index in [1.54, 1.807) is 0 Å². The average molecular weight is 246 g/mol. The van der Waals surface area contributed by atoms with Gasteiger partial charge in [-0.15, -0.1) is 0 Å². The summed E-state index contributed by atoms with van der Waals surface area (Å²) in [5.74, 6) is -1.28. The van der Waals surface area contributed by atoms with Crippen LogP contribution in [0.25, 0.3) is 0 Å². The SMILES string of the molecule is O=C(O)c1ccc2c(c1)[C@](F)(C(F)F)COC2. The van der Waals surface area contributed by atoms with Crippen LogP contribution in [0, 0.1) is 0 Å². The third-order valence-corrected chi connectivity index (χ3v) is 2.72. The van der Waals surface area contributed by atoms with E-state index in [2.05, 4.69) is 0 Å². The third-order valence-electron chi connectivity index (χ3n) is 2.72. The molecular formula is C11H9F3O3. The van der Waals surface area contributed by atoms with E-state index in [4.69, 9.17) is 9.84 Å². The van der Waals surface area contributed by atoms with Crippen LogP contribution < -0.4 is 0 Å². The number of carboxylic acid groups (broad SMARTS) is 1. The Bertz CT molecular complexity index is 461. The minimum atomic E-state index is -3.26. The number of ether oxygens (including phenoxy) is 1. The van der Waals surface area contributed by atoms with E-state index in [-0.39, 0.29) is 23.3 Å². The minimum Gasteiger partial charge on any atom is -0.478 e. The number of rotatable bonds is 2. The van der Waals surface area contributed by atoms with Gasteiger partial charge in [-0.3, -0.25) is 0 Å². The number of fused-ring (bicyclic) bond motifs is 1. The van der Waals surface area contributed by atoms with Crippen LogP contribution in [0.2, 0.25) is 0 Å². The van der Waals surface area contributed by atoms with Crippen molar-refractivity contribution < 1.29 is 27.8 Å². The Kier molecular flexibility index (Phi) is 2.82. The van der Waals surface area contributed by atoms with Crippen molar-refractivity contribution in [2.45, 2.75) is 18.7 Å². The Morgan fingerprint density at radius 1 is 1.47 bits per heavy atom. The molecule has 1 aromatic rings. The summed E-state index contributed by atoms with van der Waals surface area (Å²) in [5.41, 5.74) is -3.19. The van der Waals surface area contributed by atoms with Gasteiger partial charge in [0.25, 0.3) is 6.43 Å². The second kappa shape index (κ2) is 4.03. The standard InChI is InChI=1S/C11H9F3O3/c12-10(13)11(14)5-17-4-7-2-1-6(9(15)16)3-8(7)11/h1-3,10H,4-5H2,(H,15,16)/t11-/m0/s1. The molecule has 2 rings (SSSR count). The van der Waals surface area contributed by atoms with E-state index in [1.807, 2.05) is 0 Å². The van der Waals surface area contributed by atoms with Gasteiger partial charge in [0, 0.05) is 5.56 Å². The van der Waals surface area contributed by atoms with Gasteiger partial charge in [0.15, 0.2) is 0 Å². The summed E-state index contributed by atoms with van der Waals surface area (Å²) in [6.07, 6.45) is -3.26. The summed E-state index contributed by atoms with van der Waals surface area (Å²) in [7, 11) is 0. The molecule has 17 heavy (non-hydrogen) atoms. The first-order chi connectivity index (χ1) is 7.95. The molecule has 6 heteroatoms. The fraction of sp³-hybridized carbons (Fsp3) is 0.364. The van der Waals surface area contributed by atoms with Crippen molar-refractivity contribution in [1.82, 2.24) is 0 Å². The van der Waals surface area contributed by atoms with Gasteiger partial charge in [0.2, 0.25) is 5.67 Å². The highest BCUT2D eigenvalue weighted by atomic mass is 19.3. The predicted molar refractivity (Wildman–Crippen MR) is 51.8 cm³/mol. The van der Waals surface area contributed by atoms with Gasteiger partial charge >= 0.3 is 5.97 Å². The number of alkyl halides is 3. The van der Waals surface area contributed by atoms with Crippen LogP contribution in [0.1, 0.15) is 21.5 Å². The topological polar surface area (TPSA) is 46.5 Å². The lowest BCUT2D eigenvalue weighted by atomic mass is 9.89. The molecule has 1 aromatic carbocycles. The number of hydrogen-bond acceptors (Lipinski definition) is 2. The molecule has 0 saturated carbocycles. The molecule has 0 aliphatic carbocycles. The van der Waals surface area contributed by atoms with Crippen LogP contribution in [0.4, 0.5) is 13.2 Å². The average Bonchev–Trinajstić information content (AvgIpc) is 2.28. The van der Waals surface area contributed by atoms with Crippen LogP contribution in [-0.4, -0.2) is 24.1 Å². The third kappa shape index (κ3) is 1.88. The van der Waals surface area contributed by atoms with Crippen molar-refractivity contribution in [3.8, 4) is 0 Å². The zero-order chi connectivity index (χ0) is 12.6. The molecule has 0 amide bonds. The Morgan fingerprint density at radius 2 is 2.18 bits per heavy atom. The molecule has 1 N–H and O–H groups in total. The monoisotopic (exact) mass is 246 g/mol. The molecule has 92 valence electrons. The van der Waals surface area contributed by atoms with Crippen molar-refractivity contribution in [3.05, 3.63) is 34.9 Å². The van der Waals surface area contributed by atoms with E-state index in [1.165, 1.54) is 12.1 Å². The van der Waals surface area contributed by atoms with Crippen molar-refractivity contribution in [3.63, 3.8) is 0 Å². The second-order valence-electron chi connectivity index (χ2n) is 3.83. The van der Waals surface area contributed by atoms with Crippen LogP contribution in [0.15, 0.2) is 18.2 Å². The fourth-order valence-corrected chi connectivity index (χ4v) is 1.79. The van der Waals surface area contributed by atoms with Gasteiger partial charge in [-0.2, -0.15) is 0 Å². The molecule has 0 aromatic heterocycles. The Morgan fingerprint density at radius 3 is 2.76 bits per heavy atom. The summed E-state index contributed by atoms with van der Waals surface area (Å²) in [6, 6.07) is 3.49. The van der Waals surface area contributed by atoms with Crippen molar-refractivity contribution >= 4 is 5.97 Å². The fourth-order valence-electron chi connectivity index (χ4n) is 1.79. The van der Waals surface area contributed by atoms with Crippen molar-refractivity contribution in [1.29, 1.82) is 0 Å². The lowest BCUT2D eigenvalue weighted by Crippen LogP contribution is -2.39. The first-order valence-electron chi connectivity index (χ1n) is 4.86. The number of halogens is 3. The molecule has 0 unspecified atom stereocenters. The summed E-state index contributed by atoms with van der Waals surface area (Å²) in [4.78, 5) is 10.7. The van der Waals surface area contributed by atoms with E-state index < -0.39 is 24.7 Å². The van der Waals surface area contributed by atoms with E-state index in [0.29, 0.717) is 0 Å². The number of carboxylic acids is 1. The summed E-state index contributed by atoms with van der Waals surface area (Å²) >= 11 is 0. The number of benzene rings is 1. The lowest BCUT2D eigenvalue weighted by Gasteiger charge is -2.31. The number of hydrogen-bond donors (Lipinski definition) is 1. The maximum atomic E-state index is 14.1. The molecule has 1 aliphatic heterocycles. The van der Waals surface area contributed by atoms with Gasteiger partial charge in [-0.1, -0.05) is 6.07 Å². The second-order valence-corrected chi connectivity index (χ2v) is 3.83. The maximum absolute atomic E-state index is 14.1. The van der Waals surface area contributed by atoms with E-state index >= 15 is 0 Å². The molecular weight excluding hydrogens is 237 g/mol.